The summed E-state index contributed by atoms with van der Waals surface area (Å²) in [6, 6.07) is 0. The first-order valence-corrected chi connectivity index (χ1v) is 12.4. The summed E-state index contributed by atoms with van der Waals surface area (Å²) in [6.07, 6.45) is 5.89. The van der Waals surface area contributed by atoms with E-state index in [4.69, 9.17) is 22.1 Å². The quantitative estimate of drug-likeness (QED) is 0.387. The van der Waals surface area contributed by atoms with Gasteiger partial charge in [-0.2, -0.15) is 4.98 Å². The number of hydrogen-bond acceptors (Lipinski definition) is 7. The number of rotatable bonds is 12. The number of pyridine rings is 1. The molecule has 0 aliphatic heterocycles. The lowest BCUT2D eigenvalue weighted by molar-refractivity contribution is 0.236. The van der Waals surface area contributed by atoms with E-state index < -0.39 is 0 Å². The zero-order valence-corrected chi connectivity index (χ0v) is 22.1. The van der Waals surface area contributed by atoms with E-state index in [1.165, 1.54) is 0 Å². The Kier molecular flexibility index (Phi) is 9.10. The highest BCUT2D eigenvalue weighted by molar-refractivity contribution is 6.34. The monoisotopic (exact) mass is 487 g/mol. The van der Waals surface area contributed by atoms with Crippen molar-refractivity contribution >= 4 is 28.6 Å². The average molecular weight is 488 g/mol. The third-order valence-electron chi connectivity index (χ3n) is 6.54. The fraction of sp³-hybridized carbons (Fsp3) is 0.560. The van der Waals surface area contributed by atoms with Crippen LogP contribution in [0.2, 0.25) is 5.15 Å². The van der Waals surface area contributed by atoms with Gasteiger partial charge in [0.2, 0.25) is 5.95 Å². The molecule has 0 spiro atoms. The van der Waals surface area contributed by atoms with E-state index >= 15 is 0 Å². The van der Waals surface area contributed by atoms with Gasteiger partial charge >= 0.3 is 0 Å². The van der Waals surface area contributed by atoms with Crippen LogP contribution >= 0.6 is 11.6 Å². The van der Waals surface area contributed by atoms with E-state index in [1.54, 1.807) is 7.11 Å². The van der Waals surface area contributed by atoms with E-state index in [0.717, 1.165) is 84.7 Å². The lowest BCUT2D eigenvalue weighted by atomic mass is 10.1. The predicted molar refractivity (Wildman–Crippen MR) is 140 cm³/mol. The number of methoxy groups -OCH3 is 1. The molecule has 0 amide bonds. The summed E-state index contributed by atoms with van der Waals surface area (Å²) in [4.78, 5) is 18.3. The second-order valence-electron chi connectivity index (χ2n) is 8.83. The van der Waals surface area contributed by atoms with E-state index in [2.05, 4.69) is 56.4 Å². The molecule has 0 aliphatic carbocycles. The molecule has 0 radical (unpaired) electrons. The average Bonchev–Trinajstić information content (AvgIpc) is 3.15. The van der Waals surface area contributed by atoms with Gasteiger partial charge in [0.25, 0.3) is 0 Å². The summed E-state index contributed by atoms with van der Waals surface area (Å²) in [6.45, 7) is 14.3. The van der Waals surface area contributed by atoms with Crippen LogP contribution in [-0.2, 0) is 13.0 Å². The van der Waals surface area contributed by atoms with Crippen molar-refractivity contribution in [2.24, 2.45) is 0 Å². The van der Waals surface area contributed by atoms with E-state index in [-0.39, 0.29) is 5.95 Å². The SMILES string of the molecule is CCN(C)CCN(CC)CCCc1cn(Cc2ncc(C)c(OC)c2C)c2nc(N)nc(Cl)c12. The number of nitrogen functional groups attached to an aromatic ring is 1. The third kappa shape index (κ3) is 5.98. The van der Waals surface area contributed by atoms with Gasteiger partial charge in [-0.1, -0.05) is 25.4 Å². The Balaban J connectivity index is 1.84. The van der Waals surface area contributed by atoms with Gasteiger partial charge in [-0.15, -0.1) is 0 Å². The van der Waals surface area contributed by atoms with Crippen molar-refractivity contribution < 1.29 is 4.74 Å². The molecule has 3 heterocycles. The molecule has 0 unspecified atom stereocenters. The number of fused-ring (bicyclic) bond motifs is 1. The predicted octanol–water partition coefficient (Wildman–Crippen LogP) is 3.94. The zero-order chi connectivity index (χ0) is 24.8. The topological polar surface area (TPSA) is 85.3 Å². The van der Waals surface area contributed by atoms with Gasteiger partial charge < -0.3 is 24.8 Å². The minimum absolute atomic E-state index is 0.173. The van der Waals surface area contributed by atoms with Crippen molar-refractivity contribution in [2.75, 3.05) is 52.6 Å². The van der Waals surface area contributed by atoms with Crippen LogP contribution in [0.5, 0.6) is 5.75 Å². The van der Waals surface area contributed by atoms with Crippen LogP contribution in [0.3, 0.4) is 0 Å². The van der Waals surface area contributed by atoms with Crippen LogP contribution in [0.1, 0.15) is 42.7 Å². The smallest absolute Gasteiger partial charge is 0.223 e. The highest BCUT2D eigenvalue weighted by Crippen LogP contribution is 2.30. The van der Waals surface area contributed by atoms with Crippen molar-refractivity contribution in [2.45, 2.75) is 47.1 Å². The first-order valence-electron chi connectivity index (χ1n) is 12.0. The minimum Gasteiger partial charge on any atom is -0.496 e. The van der Waals surface area contributed by atoms with Gasteiger partial charge in [-0.25, -0.2) is 4.98 Å². The van der Waals surface area contributed by atoms with Crippen LogP contribution < -0.4 is 10.5 Å². The largest absolute Gasteiger partial charge is 0.496 e. The Morgan fingerprint density at radius 2 is 1.88 bits per heavy atom. The van der Waals surface area contributed by atoms with E-state index in [9.17, 15) is 0 Å². The summed E-state index contributed by atoms with van der Waals surface area (Å²) in [5.41, 5.74) is 10.8. The molecule has 3 aromatic heterocycles. The Bertz CT molecular complexity index is 1110. The summed E-state index contributed by atoms with van der Waals surface area (Å²) in [7, 11) is 3.85. The first-order chi connectivity index (χ1) is 16.3. The molecule has 2 N–H and O–H groups in total. The fourth-order valence-corrected chi connectivity index (χ4v) is 4.62. The summed E-state index contributed by atoms with van der Waals surface area (Å²) in [5.74, 6) is 1.04. The number of nitrogens with two attached hydrogens (primary N) is 1. The second-order valence-corrected chi connectivity index (χ2v) is 9.19. The molecule has 8 nitrogen and oxygen atoms in total. The zero-order valence-electron chi connectivity index (χ0n) is 21.4. The summed E-state index contributed by atoms with van der Waals surface area (Å²) >= 11 is 6.56. The molecular formula is C25H38ClN7O. The molecule has 9 heteroatoms. The van der Waals surface area contributed by atoms with Gasteiger partial charge in [-0.05, 0) is 58.9 Å². The Hall–Kier alpha value is -2.42. The Morgan fingerprint density at radius 1 is 1.12 bits per heavy atom. The Morgan fingerprint density at radius 3 is 2.56 bits per heavy atom. The molecule has 3 rings (SSSR count). The molecule has 3 aromatic rings. The maximum Gasteiger partial charge on any atom is 0.223 e. The maximum absolute atomic E-state index is 6.56. The molecule has 0 saturated carbocycles. The van der Waals surface area contributed by atoms with Crippen LogP contribution in [-0.4, -0.2) is 76.2 Å². The van der Waals surface area contributed by atoms with Crippen LogP contribution in [0.25, 0.3) is 11.0 Å². The number of hydrogen-bond donors (Lipinski definition) is 1. The molecule has 0 fully saturated rings. The number of likely N-dealkylation sites (N-methyl/N-ethyl adjacent to an activating group) is 2. The van der Waals surface area contributed by atoms with Gasteiger partial charge in [0.15, 0.2) is 0 Å². The van der Waals surface area contributed by atoms with Crippen molar-refractivity contribution in [3.63, 3.8) is 0 Å². The number of ether oxygens (including phenoxy) is 1. The minimum atomic E-state index is 0.173. The van der Waals surface area contributed by atoms with E-state index in [1.807, 2.05) is 20.0 Å². The molecule has 0 aromatic carbocycles. The fourth-order valence-electron chi connectivity index (χ4n) is 4.33. The molecule has 0 bridgehead atoms. The number of halogens is 1. The van der Waals surface area contributed by atoms with Crippen molar-refractivity contribution in [3.05, 3.63) is 39.9 Å². The first kappa shape index (κ1) is 26.2. The number of aryl methyl sites for hydroxylation is 2. The van der Waals surface area contributed by atoms with Crippen LogP contribution in [0.4, 0.5) is 5.95 Å². The second kappa shape index (κ2) is 11.8. The number of nitrogens with zero attached hydrogens (tertiary/aromatic N) is 6. The van der Waals surface area contributed by atoms with Gasteiger partial charge in [0.05, 0.1) is 24.7 Å². The van der Waals surface area contributed by atoms with Crippen molar-refractivity contribution in [3.8, 4) is 5.75 Å². The van der Waals surface area contributed by atoms with Gasteiger partial charge in [0, 0.05) is 36.6 Å². The van der Waals surface area contributed by atoms with Crippen LogP contribution in [0.15, 0.2) is 12.4 Å². The van der Waals surface area contributed by atoms with Gasteiger partial charge in [0.1, 0.15) is 16.5 Å². The maximum atomic E-state index is 6.56. The highest BCUT2D eigenvalue weighted by atomic mass is 35.5. The Labute approximate surface area is 208 Å². The van der Waals surface area contributed by atoms with Crippen LogP contribution in [0, 0.1) is 13.8 Å². The van der Waals surface area contributed by atoms with Gasteiger partial charge in [-0.3, -0.25) is 4.98 Å². The van der Waals surface area contributed by atoms with Crippen molar-refractivity contribution in [1.82, 2.24) is 29.3 Å². The molecule has 34 heavy (non-hydrogen) atoms. The third-order valence-corrected chi connectivity index (χ3v) is 6.82. The highest BCUT2D eigenvalue weighted by Gasteiger charge is 2.18. The molecule has 186 valence electrons. The summed E-state index contributed by atoms with van der Waals surface area (Å²) < 4.78 is 7.67. The molecule has 0 saturated heterocycles. The number of anilines is 1. The standard InChI is InChI=1S/C25H38ClN7O/c1-7-31(5)12-13-32(8-2)11-9-10-19-15-33(24-21(19)23(26)29-25(27)30-24)16-20-18(4)22(34-6)17(3)14-28-20/h14-15H,7-13,16H2,1-6H3,(H2,27,29,30). The molecule has 0 aliphatic rings. The number of aromatic nitrogens is 4. The lowest BCUT2D eigenvalue weighted by Crippen LogP contribution is -2.33. The molecular weight excluding hydrogens is 450 g/mol. The summed E-state index contributed by atoms with van der Waals surface area (Å²) in [5, 5.41) is 1.28. The lowest BCUT2D eigenvalue weighted by Gasteiger charge is -2.23. The van der Waals surface area contributed by atoms with E-state index in [0.29, 0.717) is 11.7 Å². The molecule has 0 atom stereocenters. The van der Waals surface area contributed by atoms with Crippen molar-refractivity contribution in [1.29, 1.82) is 0 Å². The normalized spacial score (nSPS) is 11.8.